The first kappa shape index (κ1) is 23.9. The molecule has 0 aliphatic heterocycles. The third-order valence-corrected chi connectivity index (χ3v) is 5.59. The van der Waals surface area contributed by atoms with E-state index in [-0.39, 0.29) is 11.7 Å². The summed E-state index contributed by atoms with van der Waals surface area (Å²) < 4.78 is 18.1. The maximum Gasteiger partial charge on any atom is 0.204 e. The lowest BCUT2D eigenvalue weighted by molar-refractivity contribution is -0.145. The summed E-state index contributed by atoms with van der Waals surface area (Å²) >= 11 is 0. The minimum Gasteiger partial charge on any atom is -0.491 e. The maximum absolute atomic E-state index is 6.19. The Bertz CT molecular complexity index is 925. The molecule has 0 N–H and O–H groups in total. The van der Waals surface area contributed by atoms with E-state index in [1.165, 1.54) is 16.7 Å². The van der Waals surface area contributed by atoms with Gasteiger partial charge in [0.05, 0.1) is 6.61 Å². The van der Waals surface area contributed by atoms with Gasteiger partial charge in [-0.15, -0.1) is 0 Å². The highest BCUT2D eigenvalue weighted by molar-refractivity contribution is 5.63. The Morgan fingerprint density at radius 1 is 0.719 bits per heavy atom. The zero-order valence-corrected chi connectivity index (χ0v) is 20.0. The topological polar surface area (TPSA) is 27.7 Å². The maximum atomic E-state index is 6.19. The predicted molar refractivity (Wildman–Crippen MR) is 132 cm³/mol. The fourth-order valence-electron chi connectivity index (χ4n) is 3.38. The van der Waals surface area contributed by atoms with Crippen LogP contribution in [0, 0.1) is 5.41 Å². The highest BCUT2D eigenvalue weighted by atomic mass is 16.7. The van der Waals surface area contributed by atoms with Gasteiger partial charge in [-0.1, -0.05) is 89.2 Å². The molecule has 3 aromatic carbocycles. The predicted octanol–water partition coefficient (Wildman–Crippen LogP) is 7.71. The molecule has 0 amide bonds. The molecule has 0 radical (unpaired) electrons. The van der Waals surface area contributed by atoms with Gasteiger partial charge in [0.25, 0.3) is 0 Å². The van der Waals surface area contributed by atoms with Crippen molar-refractivity contribution in [3.05, 3.63) is 84.4 Å². The normalized spacial score (nSPS) is 13.4. The van der Waals surface area contributed by atoms with Gasteiger partial charge in [0, 0.05) is 5.41 Å². The van der Waals surface area contributed by atoms with Crippen LogP contribution in [0.3, 0.4) is 0 Å². The molecule has 0 aliphatic carbocycles. The molecule has 0 heterocycles. The van der Waals surface area contributed by atoms with Crippen LogP contribution in [0.2, 0.25) is 0 Å². The van der Waals surface area contributed by atoms with Crippen molar-refractivity contribution in [1.29, 1.82) is 0 Å². The van der Waals surface area contributed by atoms with Crippen molar-refractivity contribution in [2.24, 2.45) is 5.41 Å². The van der Waals surface area contributed by atoms with Gasteiger partial charge >= 0.3 is 0 Å². The van der Waals surface area contributed by atoms with Crippen molar-refractivity contribution in [2.75, 3.05) is 13.2 Å². The molecule has 0 aliphatic rings. The molecular weight excluding hydrogens is 396 g/mol. The third-order valence-electron chi connectivity index (χ3n) is 5.59. The van der Waals surface area contributed by atoms with Gasteiger partial charge in [-0.05, 0) is 53.3 Å². The molecule has 3 nitrogen and oxygen atoms in total. The molecule has 0 saturated carbocycles. The van der Waals surface area contributed by atoms with Crippen molar-refractivity contribution in [3.8, 4) is 22.6 Å². The molecule has 32 heavy (non-hydrogen) atoms. The van der Waals surface area contributed by atoms with E-state index in [9.17, 15) is 0 Å². The van der Waals surface area contributed by atoms with E-state index in [2.05, 4.69) is 71.0 Å². The van der Waals surface area contributed by atoms with E-state index >= 15 is 0 Å². The molecule has 2 atom stereocenters. The number of ether oxygens (including phenoxy) is 3. The van der Waals surface area contributed by atoms with Crippen LogP contribution in [0.5, 0.6) is 11.5 Å². The quantitative estimate of drug-likeness (QED) is 0.242. The van der Waals surface area contributed by atoms with Crippen LogP contribution in [0.15, 0.2) is 78.9 Å². The van der Waals surface area contributed by atoms with Crippen molar-refractivity contribution < 1.29 is 14.2 Å². The van der Waals surface area contributed by atoms with Crippen LogP contribution in [0.1, 0.15) is 52.5 Å². The standard InChI is InChI=1S/C29H36O3/c1-6-22(2)23-12-18-27(19-13-23)32-28(29(3,4)5)31-21-20-30-26-16-14-25(15-17-26)24-10-8-7-9-11-24/h7-19,22,28H,6,20-21H2,1-5H3. The minimum absolute atomic E-state index is 0.160. The molecule has 170 valence electrons. The number of hydrogen-bond acceptors (Lipinski definition) is 3. The van der Waals surface area contributed by atoms with E-state index in [1.807, 2.05) is 42.5 Å². The minimum atomic E-state index is -0.360. The van der Waals surface area contributed by atoms with Gasteiger partial charge in [0.2, 0.25) is 6.29 Å². The molecular formula is C29H36O3. The van der Waals surface area contributed by atoms with Crippen LogP contribution in [0.4, 0.5) is 0 Å². The van der Waals surface area contributed by atoms with E-state index in [4.69, 9.17) is 14.2 Å². The second kappa shape index (κ2) is 11.2. The van der Waals surface area contributed by atoms with Crippen LogP contribution >= 0.6 is 0 Å². The summed E-state index contributed by atoms with van der Waals surface area (Å²) in [5.74, 6) is 2.22. The summed E-state index contributed by atoms with van der Waals surface area (Å²) in [7, 11) is 0. The zero-order chi connectivity index (χ0) is 23.0. The lowest BCUT2D eigenvalue weighted by Crippen LogP contribution is -2.36. The highest BCUT2D eigenvalue weighted by Gasteiger charge is 2.27. The fourth-order valence-corrected chi connectivity index (χ4v) is 3.38. The van der Waals surface area contributed by atoms with Crippen molar-refractivity contribution in [2.45, 2.75) is 53.2 Å². The second-order valence-corrected chi connectivity index (χ2v) is 9.30. The summed E-state index contributed by atoms with van der Waals surface area (Å²) in [5, 5.41) is 0. The van der Waals surface area contributed by atoms with Crippen LogP contribution < -0.4 is 9.47 Å². The Morgan fingerprint density at radius 3 is 1.91 bits per heavy atom. The van der Waals surface area contributed by atoms with E-state index in [0.717, 1.165) is 17.9 Å². The molecule has 3 aromatic rings. The Balaban J connectivity index is 1.50. The summed E-state index contributed by atoms with van der Waals surface area (Å²) in [4.78, 5) is 0. The number of rotatable bonds is 10. The van der Waals surface area contributed by atoms with Crippen molar-refractivity contribution in [1.82, 2.24) is 0 Å². The van der Waals surface area contributed by atoms with E-state index in [1.54, 1.807) is 0 Å². The van der Waals surface area contributed by atoms with E-state index < -0.39 is 0 Å². The Morgan fingerprint density at radius 2 is 1.31 bits per heavy atom. The number of benzene rings is 3. The first-order chi connectivity index (χ1) is 15.4. The molecule has 2 unspecified atom stereocenters. The second-order valence-electron chi connectivity index (χ2n) is 9.30. The summed E-state index contributed by atoms with van der Waals surface area (Å²) in [5.41, 5.74) is 3.55. The first-order valence-corrected chi connectivity index (χ1v) is 11.5. The van der Waals surface area contributed by atoms with Gasteiger partial charge < -0.3 is 14.2 Å². The van der Waals surface area contributed by atoms with Gasteiger partial charge in [0.1, 0.15) is 18.1 Å². The van der Waals surface area contributed by atoms with Gasteiger partial charge in [-0.25, -0.2) is 0 Å². The van der Waals surface area contributed by atoms with E-state index in [0.29, 0.717) is 19.1 Å². The van der Waals surface area contributed by atoms with Gasteiger partial charge in [-0.2, -0.15) is 0 Å². The Kier molecular flexibility index (Phi) is 8.35. The molecule has 3 heteroatoms. The smallest absolute Gasteiger partial charge is 0.204 e. The van der Waals surface area contributed by atoms with Crippen molar-refractivity contribution >= 4 is 0 Å². The average Bonchev–Trinajstić information content (AvgIpc) is 2.81. The van der Waals surface area contributed by atoms with Crippen molar-refractivity contribution in [3.63, 3.8) is 0 Å². The van der Waals surface area contributed by atoms with Crippen LogP contribution in [-0.4, -0.2) is 19.5 Å². The van der Waals surface area contributed by atoms with Crippen LogP contribution in [0.25, 0.3) is 11.1 Å². The average molecular weight is 433 g/mol. The molecule has 0 aromatic heterocycles. The summed E-state index contributed by atoms with van der Waals surface area (Å²) in [6.07, 6.45) is 0.768. The molecule has 0 saturated heterocycles. The number of hydrogen-bond donors (Lipinski definition) is 0. The SMILES string of the molecule is CCC(C)c1ccc(OC(OCCOc2ccc(-c3ccccc3)cc2)C(C)(C)C)cc1. The Labute approximate surface area is 193 Å². The molecule has 0 spiro atoms. The lowest BCUT2D eigenvalue weighted by Gasteiger charge is -2.31. The summed E-state index contributed by atoms with van der Waals surface area (Å²) in [6, 6.07) is 26.8. The van der Waals surface area contributed by atoms with Gasteiger partial charge in [-0.3, -0.25) is 0 Å². The Hall–Kier alpha value is -2.78. The monoisotopic (exact) mass is 432 g/mol. The lowest BCUT2D eigenvalue weighted by atomic mass is 9.95. The van der Waals surface area contributed by atoms with Gasteiger partial charge in [0.15, 0.2) is 0 Å². The molecule has 3 rings (SSSR count). The molecule has 0 fully saturated rings. The largest absolute Gasteiger partial charge is 0.491 e. The first-order valence-electron chi connectivity index (χ1n) is 11.5. The zero-order valence-electron chi connectivity index (χ0n) is 20.0. The third kappa shape index (κ3) is 6.86. The fraction of sp³-hybridized carbons (Fsp3) is 0.379. The highest BCUT2D eigenvalue weighted by Crippen LogP contribution is 2.28. The summed E-state index contributed by atoms with van der Waals surface area (Å²) in [6.45, 7) is 11.7. The molecule has 0 bridgehead atoms. The van der Waals surface area contributed by atoms with Crippen LogP contribution in [-0.2, 0) is 4.74 Å².